The molecule has 3 aromatic rings. The van der Waals surface area contributed by atoms with Crippen molar-refractivity contribution in [2.45, 2.75) is 32.7 Å². The number of aliphatic hydroxyl groups excluding tert-OH is 1. The van der Waals surface area contributed by atoms with Gasteiger partial charge in [0.2, 0.25) is 0 Å². The second-order valence-electron chi connectivity index (χ2n) is 8.61. The number of hydrogen-bond donors (Lipinski definition) is 1. The van der Waals surface area contributed by atoms with Crippen LogP contribution in [0.2, 0.25) is 0 Å². The minimum atomic E-state index is -0.993. The molecular formula is C29H28N2O6S. The highest BCUT2D eigenvalue weighted by Gasteiger charge is 2.48. The maximum atomic E-state index is 13.4. The molecule has 1 amide bonds. The van der Waals surface area contributed by atoms with Crippen LogP contribution in [0.3, 0.4) is 0 Å². The Bertz CT molecular complexity index is 1400. The minimum Gasteiger partial charge on any atom is -0.507 e. The fourth-order valence-corrected chi connectivity index (χ4v) is 5.07. The lowest BCUT2D eigenvalue weighted by molar-refractivity contribution is -0.132. The van der Waals surface area contributed by atoms with Crippen molar-refractivity contribution in [3.05, 3.63) is 94.5 Å². The Hall–Kier alpha value is -4.24. The second-order valence-corrected chi connectivity index (χ2v) is 9.59. The van der Waals surface area contributed by atoms with Crippen molar-refractivity contribution in [1.29, 1.82) is 0 Å². The SMILES string of the molecule is C=CCOC(=O)c1sc(N2C(=O)C(=O)/C(=C(/O)c3ccccc3)C2c2cccc(OCCCC)c2)nc1C. The summed E-state index contributed by atoms with van der Waals surface area (Å²) in [7, 11) is 0. The molecule has 1 saturated heterocycles. The summed E-state index contributed by atoms with van der Waals surface area (Å²) in [5.74, 6) is -2.03. The van der Waals surface area contributed by atoms with Gasteiger partial charge in [-0.1, -0.05) is 79.8 Å². The number of anilines is 1. The van der Waals surface area contributed by atoms with Gasteiger partial charge in [0.1, 0.15) is 23.0 Å². The van der Waals surface area contributed by atoms with Gasteiger partial charge >= 0.3 is 11.9 Å². The van der Waals surface area contributed by atoms with E-state index in [0.717, 1.165) is 24.2 Å². The van der Waals surface area contributed by atoms with E-state index in [1.54, 1.807) is 61.5 Å². The van der Waals surface area contributed by atoms with Crippen LogP contribution >= 0.6 is 11.3 Å². The summed E-state index contributed by atoms with van der Waals surface area (Å²) in [4.78, 5) is 45.2. The summed E-state index contributed by atoms with van der Waals surface area (Å²) in [5.41, 5.74) is 1.24. The highest BCUT2D eigenvalue weighted by molar-refractivity contribution is 7.17. The predicted octanol–water partition coefficient (Wildman–Crippen LogP) is 5.60. The molecule has 9 heteroatoms. The number of aryl methyl sites for hydroxylation is 1. The van der Waals surface area contributed by atoms with E-state index in [0.29, 0.717) is 29.2 Å². The standard InChI is InChI=1S/C29H28N2O6S/c1-4-6-16-36-21-14-10-13-20(17-21)23-22(24(32)19-11-8-7-9-12-19)25(33)27(34)31(23)29-30-18(3)26(38-29)28(35)37-15-5-2/h5,7-14,17,23,32H,2,4,6,15-16H2,1,3H3/b24-22+. The number of esters is 1. The number of Topliss-reactive ketones (excluding diaryl/α,β-unsaturated/α-hetero) is 1. The Morgan fingerprint density at radius 2 is 1.95 bits per heavy atom. The van der Waals surface area contributed by atoms with Gasteiger partial charge in [-0.05, 0) is 31.0 Å². The van der Waals surface area contributed by atoms with Crippen molar-refractivity contribution < 1.29 is 29.0 Å². The van der Waals surface area contributed by atoms with Gasteiger partial charge in [0, 0.05) is 5.56 Å². The molecule has 2 heterocycles. The van der Waals surface area contributed by atoms with Crippen LogP contribution in [0.5, 0.6) is 5.75 Å². The molecule has 1 aliphatic heterocycles. The van der Waals surface area contributed by atoms with Crippen LogP contribution in [0.4, 0.5) is 5.13 Å². The zero-order valence-corrected chi connectivity index (χ0v) is 22.0. The molecular weight excluding hydrogens is 504 g/mol. The van der Waals surface area contributed by atoms with Gasteiger partial charge < -0.3 is 14.6 Å². The number of unbranched alkanes of at least 4 members (excludes halogenated alkanes) is 1. The molecule has 0 saturated carbocycles. The van der Waals surface area contributed by atoms with E-state index in [-0.39, 0.29) is 27.9 Å². The third-order valence-electron chi connectivity index (χ3n) is 5.94. The van der Waals surface area contributed by atoms with Crippen LogP contribution in [0.25, 0.3) is 5.76 Å². The van der Waals surface area contributed by atoms with Crippen LogP contribution < -0.4 is 9.64 Å². The van der Waals surface area contributed by atoms with Crippen molar-refractivity contribution in [2.24, 2.45) is 0 Å². The first-order valence-corrected chi connectivity index (χ1v) is 13.0. The van der Waals surface area contributed by atoms with E-state index >= 15 is 0 Å². The Kier molecular flexibility index (Phi) is 8.38. The Morgan fingerprint density at radius 1 is 1.18 bits per heavy atom. The Balaban J connectivity index is 1.85. The lowest BCUT2D eigenvalue weighted by Gasteiger charge is -2.23. The number of thiazole rings is 1. The van der Waals surface area contributed by atoms with Crippen LogP contribution in [0, 0.1) is 6.92 Å². The van der Waals surface area contributed by atoms with E-state index < -0.39 is 23.7 Å². The normalized spacial score (nSPS) is 16.5. The summed E-state index contributed by atoms with van der Waals surface area (Å²) in [6, 6.07) is 14.6. The van der Waals surface area contributed by atoms with Crippen molar-refractivity contribution in [3.63, 3.8) is 0 Å². The maximum Gasteiger partial charge on any atom is 0.350 e. The van der Waals surface area contributed by atoms with Gasteiger partial charge in [0.05, 0.1) is 23.9 Å². The second kappa shape index (κ2) is 11.9. The molecule has 2 aromatic carbocycles. The Morgan fingerprint density at radius 3 is 2.66 bits per heavy atom. The van der Waals surface area contributed by atoms with Gasteiger partial charge in [0.15, 0.2) is 5.13 Å². The molecule has 1 aromatic heterocycles. The van der Waals surface area contributed by atoms with Crippen LogP contribution in [-0.4, -0.2) is 41.0 Å². The zero-order chi connectivity index (χ0) is 27.2. The summed E-state index contributed by atoms with van der Waals surface area (Å²) >= 11 is 0.948. The monoisotopic (exact) mass is 532 g/mol. The first kappa shape index (κ1) is 26.8. The molecule has 1 aliphatic rings. The first-order chi connectivity index (χ1) is 18.4. The van der Waals surface area contributed by atoms with E-state index in [1.165, 1.54) is 11.0 Å². The summed E-state index contributed by atoms with van der Waals surface area (Å²) < 4.78 is 11.0. The number of ketones is 1. The fourth-order valence-electron chi connectivity index (χ4n) is 4.08. The van der Waals surface area contributed by atoms with Gasteiger partial charge in [0.25, 0.3) is 5.78 Å². The van der Waals surface area contributed by atoms with Crippen LogP contribution in [0.15, 0.2) is 72.8 Å². The number of nitrogens with zero attached hydrogens (tertiary/aromatic N) is 2. The van der Waals surface area contributed by atoms with Crippen molar-refractivity contribution in [1.82, 2.24) is 4.98 Å². The highest BCUT2D eigenvalue weighted by Crippen LogP contribution is 2.44. The lowest BCUT2D eigenvalue weighted by atomic mass is 9.95. The van der Waals surface area contributed by atoms with Crippen LogP contribution in [-0.2, 0) is 14.3 Å². The number of aliphatic hydroxyl groups is 1. The van der Waals surface area contributed by atoms with E-state index in [4.69, 9.17) is 9.47 Å². The number of carbonyl (C=O) groups is 3. The smallest absolute Gasteiger partial charge is 0.350 e. The van der Waals surface area contributed by atoms with Gasteiger partial charge in [-0.25, -0.2) is 9.78 Å². The van der Waals surface area contributed by atoms with Crippen LogP contribution in [0.1, 0.15) is 52.3 Å². The molecule has 1 fully saturated rings. The molecule has 4 rings (SSSR count). The molecule has 1 unspecified atom stereocenters. The topological polar surface area (TPSA) is 106 Å². The molecule has 38 heavy (non-hydrogen) atoms. The molecule has 8 nitrogen and oxygen atoms in total. The minimum absolute atomic E-state index is 0.0257. The molecule has 1 atom stereocenters. The molecule has 0 bridgehead atoms. The highest BCUT2D eigenvalue weighted by atomic mass is 32.1. The van der Waals surface area contributed by atoms with Gasteiger partial charge in [-0.15, -0.1) is 0 Å². The number of ether oxygens (including phenoxy) is 2. The Labute approximate surface area is 224 Å². The van der Waals surface area contributed by atoms with E-state index in [2.05, 4.69) is 18.5 Å². The number of rotatable bonds is 10. The average Bonchev–Trinajstić information content (AvgIpc) is 3.44. The van der Waals surface area contributed by atoms with Gasteiger partial charge in [-0.2, -0.15) is 0 Å². The molecule has 0 aliphatic carbocycles. The fraction of sp³-hybridized carbons (Fsp3) is 0.241. The van der Waals surface area contributed by atoms with Crippen molar-refractivity contribution in [3.8, 4) is 5.75 Å². The van der Waals surface area contributed by atoms with Crippen molar-refractivity contribution in [2.75, 3.05) is 18.1 Å². The summed E-state index contributed by atoms with van der Waals surface area (Å²) in [5, 5.41) is 11.4. The molecule has 0 spiro atoms. The predicted molar refractivity (Wildman–Crippen MR) is 145 cm³/mol. The lowest BCUT2D eigenvalue weighted by Crippen LogP contribution is -2.29. The summed E-state index contributed by atoms with van der Waals surface area (Å²) in [6.45, 7) is 7.78. The van der Waals surface area contributed by atoms with Gasteiger partial charge in [-0.3, -0.25) is 14.5 Å². The van der Waals surface area contributed by atoms with E-state index in [9.17, 15) is 19.5 Å². The zero-order valence-electron chi connectivity index (χ0n) is 21.2. The summed E-state index contributed by atoms with van der Waals surface area (Å²) in [6.07, 6.45) is 3.30. The average molecular weight is 533 g/mol. The quantitative estimate of drug-likeness (QED) is 0.0905. The number of benzene rings is 2. The number of carbonyl (C=O) groups excluding carboxylic acids is 3. The molecule has 196 valence electrons. The maximum absolute atomic E-state index is 13.4. The molecule has 1 N–H and O–H groups in total. The largest absolute Gasteiger partial charge is 0.507 e. The molecule has 0 radical (unpaired) electrons. The van der Waals surface area contributed by atoms with E-state index in [1.807, 2.05) is 0 Å². The number of aromatic nitrogens is 1. The number of amides is 1. The first-order valence-electron chi connectivity index (χ1n) is 12.2. The third kappa shape index (κ3) is 5.38. The number of hydrogen-bond acceptors (Lipinski definition) is 8. The third-order valence-corrected chi connectivity index (χ3v) is 7.08. The van der Waals surface area contributed by atoms with Crippen molar-refractivity contribution >= 4 is 39.9 Å².